The number of benzene rings is 1. The molecule has 3 N–H and O–H groups in total. The number of primary amides is 1. The van der Waals surface area contributed by atoms with Crippen LogP contribution >= 0.6 is 0 Å². The number of carbonyl (C=O) groups excluding carboxylic acids is 1. The molecule has 3 nitrogen and oxygen atoms in total. The van der Waals surface area contributed by atoms with Gasteiger partial charge in [0.2, 0.25) is 5.91 Å². The van der Waals surface area contributed by atoms with E-state index in [4.69, 9.17) is 5.73 Å². The summed E-state index contributed by atoms with van der Waals surface area (Å²) in [6, 6.07) is 5.40. The van der Waals surface area contributed by atoms with Crippen molar-refractivity contribution in [2.45, 2.75) is 0 Å². The topological polar surface area (TPSA) is 55.1 Å². The van der Waals surface area contributed by atoms with E-state index in [9.17, 15) is 4.79 Å². The van der Waals surface area contributed by atoms with Crippen molar-refractivity contribution in [2.24, 2.45) is 5.73 Å². The first kappa shape index (κ1) is 7.86. The fourth-order valence-electron chi connectivity index (χ4n) is 1.37. The molecule has 0 spiro atoms. The molecular formula is C10H10N2O. The highest BCUT2D eigenvalue weighted by atomic mass is 16.1. The predicted molar refractivity (Wildman–Crippen MR) is 52.5 cm³/mol. The van der Waals surface area contributed by atoms with Crippen molar-refractivity contribution in [3.8, 4) is 0 Å². The maximum atomic E-state index is 10.9. The molecule has 1 aliphatic rings. The summed E-state index contributed by atoms with van der Waals surface area (Å²) in [4.78, 5) is 10.9. The van der Waals surface area contributed by atoms with Crippen LogP contribution < -0.4 is 11.1 Å². The summed E-state index contributed by atoms with van der Waals surface area (Å²) in [6.07, 6.45) is 3.99. The average Bonchev–Trinajstić information content (AvgIpc) is 2.17. The summed E-state index contributed by atoms with van der Waals surface area (Å²) in [5.74, 6) is -0.387. The van der Waals surface area contributed by atoms with Gasteiger partial charge in [-0.2, -0.15) is 0 Å². The summed E-state index contributed by atoms with van der Waals surface area (Å²) < 4.78 is 0. The second-order valence-electron chi connectivity index (χ2n) is 2.95. The molecule has 0 radical (unpaired) electrons. The Hall–Kier alpha value is -1.77. The van der Waals surface area contributed by atoms with Gasteiger partial charge < -0.3 is 11.1 Å². The van der Waals surface area contributed by atoms with Crippen LogP contribution in [0, 0.1) is 0 Å². The molecule has 1 aromatic carbocycles. The van der Waals surface area contributed by atoms with Crippen LogP contribution in [0.4, 0.5) is 5.69 Å². The first-order valence-electron chi connectivity index (χ1n) is 4.11. The molecule has 0 bridgehead atoms. The minimum absolute atomic E-state index is 0.387. The number of anilines is 1. The fraction of sp³-hybridized carbons (Fsp3) is 0.100. The molecule has 13 heavy (non-hydrogen) atoms. The van der Waals surface area contributed by atoms with Gasteiger partial charge in [0, 0.05) is 17.8 Å². The Kier molecular flexibility index (Phi) is 1.77. The van der Waals surface area contributed by atoms with Crippen LogP contribution in [-0.4, -0.2) is 12.5 Å². The van der Waals surface area contributed by atoms with E-state index in [0.717, 1.165) is 17.8 Å². The van der Waals surface area contributed by atoms with Crippen molar-refractivity contribution in [3.05, 3.63) is 35.4 Å². The van der Waals surface area contributed by atoms with Crippen LogP contribution in [0.2, 0.25) is 0 Å². The number of rotatable bonds is 1. The lowest BCUT2D eigenvalue weighted by atomic mass is 10.1. The fourth-order valence-corrected chi connectivity index (χ4v) is 1.37. The molecule has 0 aliphatic carbocycles. The number of nitrogens with one attached hydrogen (secondary N) is 1. The number of hydrogen-bond acceptors (Lipinski definition) is 2. The van der Waals surface area contributed by atoms with Crippen molar-refractivity contribution in [1.82, 2.24) is 0 Å². The van der Waals surface area contributed by atoms with Crippen LogP contribution in [0.5, 0.6) is 0 Å². The van der Waals surface area contributed by atoms with Crippen LogP contribution in [0.1, 0.15) is 15.9 Å². The summed E-state index contributed by atoms with van der Waals surface area (Å²) in [6.45, 7) is 0.836. The summed E-state index contributed by atoms with van der Waals surface area (Å²) >= 11 is 0. The van der Waals surface area contributed by atoms with Gasteiger partial charge >= 0.3 is 0 Å². The van der Waals surface area contributed by atoms with Crippen molar-refractivity contribution >= 4 is 17.7 Å². The third kappa shape index (κ3) is 1.40. The summed E-state index contributed by atoms with van der Waals surface area (Å²) in [5, 5.41) is 3.19. The predicted octanol–water partition coefficient (Wildman–Crippen LogP) is 1.22. The van der Waals surface area contributed by atoms with E-state index in [0.29, 0.717) is 5.56 Å². The first-order valence-corrected chi connectivity index (χ1v) is 4.11. The lowest BCUT2D eigenvalue weighted by molar-refractivity contribution is 0.100. The molecule has 1 aromatic rings. The maximum absolute atomic E-state index is 10.9. The molecule has 0 fully saturated rings. The minimum Gasteiger partial charge on any atom is -0.381 e. The zero-order valence-corrected chi connectivity index (χ0v) is 7.08. The highest BCUT2D eigenvalue weighted by Gasteiger charge is 2.06. The van der Waals surface area contributed by atoms with E-state index in [2.05, 4.69) is 5.32 Å². The molecular weight excluding hydrogens is 164 g/mol. The number of fused-ring (bicyclic) bond motifs is 1. The van der Waals surface area contributed by atoms with Gasteiger partial charge in [0.1, 0.15) is 0 Å². The van der Waals surface area contributed by atoms with E-state index in [1.165, 1.54) is 0 Å². The highest BCUT2D eigenvalue weighted by Crippen LogP contribution is 2.21. The smallest absolute Gasteiger partial charge is 0.248 e. The van der Waals surface area contributed by atoms with Crippen LogP contribution in [0.3, 0.4) is 0 Å². The van der Waals surface area contributed by atoms with Gasteiger partial charge in [-0.25, -0.2) is 0 Å². The van der Waals surface area contributed by atoms with Gasteiger partial charge in [-0.15, -0.1) is 0 Å². The molecule has 1 amide bonds. The van der Waals surface area contributed by atoms with Gasteiger partial charge in [0.25, 0.3) is 0 Å². The van der Waals surface area contributed by atoms with Crippen LogP contribution in [0.15, 0.2) is 24.3 Å². The molecule has 2 rings (SSSR count). The average molecular weight is 174 g/mol. The monoisotopic (exact) mass is 174 g/mol. The molecule has 1 aliphatic heterocycles. The zero-order chi connectivity index (χ0) is 9.26. The lowest BCUT2D eigenvalue weighted by Gasteiger charge is -2.12. The summed E-state index contributed by atoms with van der Waals surface area (Å²) in [5.41, 5.74) is 7.78. The van der Waals surface area contributed by atoms with Crippen LogP contribution in [-0.2, 0) is 0 Å². The quantitative estimate of drug-likeness (QED) is 0.672. The molecule has 66 valence electrons. The van der Waals surface area contributed by atoms with Crippen molar-refractivity contribution in [1.29, 1.82) is 0 Å². The van der Waals surface area contributed by atoms with Gasteiger partial charge in [0.15, 0.2) is 0 Å². The van der Waals surface area contributed by atoms with E-state index in [1.807, 2.05) is 18.2 Å². The van der Waals surface area contributed by atoms with Crippen LogP contribution in [0.25, 0.3) is 6.08 Å². The number of nitrogens with two attached hydrogens (primary N) is 1. The third-order valence-electron chi connectivity index (χ3n) is 2.04. The van der Waals surface area contributed by atoms with E-state index < -0.39 is 0 Å². The van der Waals surface area contributed by atoms with Crippen molar-refractivity contribution < 1.29 is 4.79 Å². The SMILES string of the molecule is NC(=O)c1ccc2c(c1)C=CCN2. The third-order valence-corrected chi connectivity index (χ3v) is 2.04. The second-order valence-corrected chi connectivity index (χ2v) is 2.95. The molecule has 0 aromatic heterocycles. The Labute approximate surface area is 76.2 Å². The Balaban J connectivity index is 2.48. The Morgan fingerprint density at radius 2 is 2.31 bits per heavy atom. The van der Waals surface area contributed by atoms with Gasteiger partial charge in [-0.1, -0.05) is 12.2 Å². The Bertz CT molecular complexity index is 383. The standard InChI is InChI=1S/C10H10N2O/c11-10(13)8-3-4-9-7(6-8)2-1-5-12-9/h1-4,6,12H,5H2,(H2,11,13). The van der Waals surface area contributed by atoms with Crippen molar-refractivity contribution in [3.63, 3.8) is 0 Å². The van der Waals surface area contributed by atoms with E-state index in [-0.39, 0.29) is 5.91 Å². The second kappa shape index (κ2) is 2.94. The van der Waals surface area contributed by atoms with Gasteiger partial charge in [0.05, 0.1) is 0 Å². The molecule has 0 saturated carbocycles. The van der Waals surface area contributed by atoms with Gasteiger partial charge in [-0.3, -0.25) is 4.79 Å². The number of carbonyl (C=O) groups is 1. The highest BCUT2D eigenvalue weighted by molar-refractivity contribution is 5.94. The normalized spacial score (nSPS) is 13.2. The zero-order valence-electron chi connectivity index (χ0n) is 7.08. The lowest BCUT2D eigenvalue weighted by Crippen LogP contribution is -2.12. The van der Waals surface area contributed by atoms with E-state index in [1.54, 1.807) is 12.1 Å². The first-order chi connectivity index (χ1) is 6.27. The Morgan fingerprint density at radius 1 is 1.46 bits per heavy atom. The number of hydrogen-bond donors (Lipinski definition) is 2. The van der Waals surface area contributed by atoms with Gasteiger partial charge in [-0.05, 0) is 23.8 Å². The largest absolute Gasteiger partial charge is 0.381 e. The number of amides is 1. The minimum atomic E-state index is -0.387. The molecule has 0 atom stereocenters. The maximum Gasteiger partial charge on any atom is 0.248 e. The van der Waals surface area contributed by atoms with E-state index >= 15 is 0 Å². The summed E-state index contributed by atoms with van der Waals surface area (Å²) in [7, 11) is 0. The molecule has 0 saturated heterocycles. The molecule has 1 heterocycles. The Morgan fingerprint density at radius 3 is 3.08 bits per heavy atom. The van der Waals surface area contributed by atoms with Crippen molar-refractivity contribution in [2.75, 3.05) is 11.9 Å². The molecule has 3 heteroatoms. The molecule has 0 unspecified atom stereocenters.